The van der Waals surface area contributed by atoms with Crippen LogP contribution in [0.15, 0.2) is 57.0 Å². The molecule has 0 aliphatic carbocycles. The van der Waals surface area contributed by atoms with E-state index in [0.29, 0.717) is 13.1 Å². The highest BCUT2D eigenvalue weighted by atomic mass is 127. The molecule has 0 bridgehead atoms. The number of primary sulfonamides is 1. The smallest absolute Gasteiger partial charge is 0.238 e. The Labute approximate surface area is 201 Å². The van der Waals surface area contributed by atoms with Crippen molar-refractivity contribution in [2.75, 3.05) is 32.7 Å². The van der Waals surface area contributed by atoms with Gasteiger partial charge >= 0.3 is 0 Å². The highest BCUT2D eigenvalue weighted by Crippen LogP contribution is 2.25. The molecule has 1 unspecified atom stereocenters. The molecule has 0 radical (unpaired) electrons. The molecule has 1 fully saturated rings. The molecule has 0 spiro atoms. The molecule has 2 heterocycles. The summed E-state index contributed by atoms with van der Waals surface area (Å²) in [7, 11) is -3.66. The van der Waals surface area contributed by atoms with E-state index in [1.54, 1.807) is 18.4 Å². The van der Waals surface area contributed by atoms with E-state index in [9.17, 15) is 8.42 Å². The van der Waals surface area contributed by atoms with E-state index in [1.165, 1.54) is 25.0 Å². The summed E-state index contributed by atoms with van der Waals surface area (Å²) in [6.45, 7) is 6.23. The minimum absolute atomic E-state index is 0. The van der Waals surface area contributed by atoms with Gasteiger partial charge in [-0.2, -0.15) is 0 Å². The van der Waals surface area contributed by atoms with E-state index >= 15 is 0 Å². The van der Waals surface area contributed by atoms with E-state index in [1.807, 2.05) is 19.1 Å². The predicted octanol–water partition coefficient (Wildman–Crippen LogP) is 2.48. The molecular weight excluding hydrogens is 529 g/mol. The number of furan rings is 1. The zero-order valence-electron chi connectivity index (χ0n) is 17.8. The lowest BCUT2D eigenvalue weighted by molar-refractivity contribution is 0.221. The molecular formula is C21H32IN5O3S. The van der Waals surface area contributed by atoms with Crippen LogP contribution in [0.25, 0.3) is 0 Å². The molecule has 1 aliphatic rings. The van der Waals surface area contributed by atoms with Crippen LogP contribution < -0.4 is 15.8 Å². The minimum Gasteiger partial charge on any atom is -0.468 e. The fourth-order valence-corrected chi connectivity index (χ4v) is 4.13. The van der Waals surface area contributed by atoms with Gasteiger partial charge in [0.1, 0.15) is 5.76 Å². The van der Waals surface area contributed by atoms with Gasteiger partial charge in [-0.25, -0.2) is 13.6 Å². The molecule has 10 heteroatoms. The van der Waals surface area contributed by atoms with Crippen molar-refractivity contribution in [1.82, 2.24) is 15.5 Å². The van der Waals surface area contributed by atoms with Gasteiger partial charge in [-0.15, -0.1) is 24.0 Å². The van der Waals surface area contributed by atoms with Crippen LogP contribution in [-0.4, -0.2) is 52.0 Å². The van der Waals surface area contributed by atoms with E-state index in [4.69, 9.17) is 14.5 Å². The van der Waals surface area contributed by atoms with Gasteiger partial charge < -0.3 is 15.1 Å². The van der Waals surface area contributed by atoms with Crippen LogP contribution in [0.1, 0.15) is 37.1 Å². The highest BCUT2D eigenvalue weighted by molar-refractivity contribution is 14.0. The fourth-order valence-electron chi connectivity index (χ4n) is 3.61. The van der Waals surface area contributed by atoms with Crippen molar-refractivity contribution in [2.24, 2.45) is 10.1 Å². The van der Waals surface area contributed by atoms with Gasteiger partial charge in [-0.05, 0) is 69.1 Å². The maximum Gasteiger partial charge on any atom is 0.238 e. The lowest BCUT2D eigenvalue weighted by Gasteiger charge is -2.24. The summed E-state index contributed by atoms with van der Waals surface area (Å²) in [5.41, 5.74) is 1.02. The Morgan fingerprint density at radius 1 is 1.19 bits per heavy atom. The highest BCUT2D eigenvalue weighted by Gasteiger charge is 2.25. The Balaban J connectivity index is 0.00000341. The Bertz CT molecular complexity index is 911. The lowest BCUT2D eigenvalue weighted by atomic mass is 10.1. The number of likely N-dealkylation sites (tertiary alicyclic amines) is 1. The number of aliphatic imine (C=N–C) groups is 1. The summed E-state index contributed by atoms with van der Waals surface area (Å²) in [6.07, 6.45) is 4.88. The summed E-state index contributed by atoms with van der Waals surface area (Å²) in [6, 6.07) is 10.7. The molecule has 1 aliphatic heterocycles. The third-order valence-electron chi connectivity index (χ3n) is 5.18. The quantitative estimate of drug-likeness (QED) is 0.247. The van der Waals surface area contributed by atoms with Gasteiger partial charge in [0.25, 0.3) is 0 Å². The van der Waals surface area contributed by atoms with Crippen LogP contribution in [0.5, 0.6) is 0 Å². The molecule has 1 aromatic heterocycles. The molecule has 1 saturated heterocycles. The zero-order valence-corrected chi connectivity index (χ0v) is 20.9. The maximum atomic E-state index is 11.4. The SMILES string of the molecule is CCNC(=NCC(c1ccco1)N1CCCC1)NCCc1ccc(S(N)(=O)=O)cc1.I. The molecule has 31 heavy (non-hydrogen) atoms. The van der Waals surface area contributed by atoms with Crippen molar-refractivity contribution >= 4 is 40.0 Å². The van der Waals surface area contributed by atoms with Crippen LogP contribution in [0.4, 0.5) is 0 Å². The number of nitrogens with two attached hydrogens (primary N) is 1. The fraction of sp³-hybridized carbons (Fsp3) is 0.476. The average Bonchev–Trinajstić information content (AvgIpc) is 3.43. The normalized spacial score (nSPS) is 16.0. The first-order valence-electron chi connectivity index (χ1n) is 10.4. The van der Waals surface area contributed by atoms with Gasteiger partial charge in [0.05, 0.1) is 23.7 Å². The second-order valence-corrected chi connectivity index (χ2v) is 8.92. The molecule has 4 N–H and O–H groups in total. The molecule has 1 atom stereocenters. The van der Waals surface area contributed by atoms with Gasteiger partial charge in [-0.1, -0.05) is 12.1 Å². The minimum atomic E-state index is -3.66. The maximum absolute atomic E-state index is 11.4. The predicted molar refractivity (Wildman–Crippen MR) is 133 cm³/mol. The van der Waals surface area contributed by atoms with Crippen LogP contribution in [0, 0.1) is 0 Å². The van der Waals surface area contributed by atoms with E-state index < -0.39 is 10.0 Å². The van der Waals surface area contributed by atoms with E-state index in [-0.39, 0.29) is 34.9 Å². The van der Waals surface area contributed by atoms with Crippen molar-refractivity contribution in [3.05, 3.63) is 54.0 Å². The van der Waals surface area contributed by atoms with Gasteiger partial charge in [-0.3, -0.25) is 9.89 Å². The standard InChI is InChI=1S/C21H31N5O3S.HI/c1-2-23-21(24-12-11-17-7-9-18(10-8-17)30(22,27)28)25-16-19(20-6-5-15-29-20)26-13-3-4-14-26;/h5-10,15,19H,2-4,11-14,16H2,1H3,(H2,22,27,28)(H2,23,24,25);1H. The molecule has 0 saturated carbocycles. The van der Waals surface area contributed by atoms with Crippen molar-refractivity contribution in [3.63, 3.8) is 0 Å². The number of hydrogen-bond donors (Lipinski definition) is 3. The van der Waals surface area contributed by atoms with Gasteiger partial charge in [0.2, 0.25) is 10.0 Å². The Hall–Kier alpha value is -1.63. The third-order valence-corrected chi connectivity index (χ3v) is 6.11. The molecule has 0 amide bonds. The molecule has 172 valence electrons. The Kier molecular flexibility index (Phi) is 10.3. The molecule has 8 nitrogen and oxygen atoms in total. The Morgan fingerprint density at radius 2 is 1.90 bits per heavy atom. The van der Waals surface area contributed by atoms with Crippen molar-refractivity contribution in [1.29, 1.82) is 0 Å². The number of rotatable bonds is 9. The summed E-state index contributed by atoms with van der Waals surface area (Å²) in [5, 5.41) is 11.8. The molecule has 2 aromatic rings. The number of hydrogen-bond acceptors (Lipinski definition) is 5. The summed E-state index contributed by atoms with van der Waals surface area (Å²) < 4.78 is 28.4. The van der Waals surface area contributed by atoms with Gasteiger partial charge in [0.15, 0.2) is 5.96 Å². The number of nitrogens with zero attached hydrogens (tertiary/aromatic N) is 2. The summed E-state index contributed by atoms with van der Waals surface area (Å²) in [5.74, 6) is 1.71. The van der Waals surface area contributed by atoms with Crippen LogP contribution >= 0.6 is 24.0 Å². The first-order valence-corrected chi connectivity index (χ1v) is 11.9. The third kappa shape index (κ3) is 7.78. The number of guanidine groups is 1. The number of halogens is 1. The summed E-state index contributed by atoms with van der Waals surface area (Å²) >= 11 is 0. The molecule has 3 rings (SSSR count). The second-order valence-electron chi connectivity index (χ2n) is 7.36. The van der Waals surface area contributed by atoms with Crippen LogP contribution in [-0.2, 0) is 16.4 Å². The van der Waals surface area contributed by atoms with Crippen LogP contribution in [0.2, 0.25) is 0 Å². The van der Waals surface area contributed by atoms with E-state index in [2.05, 4.69) is 15.5 Å². The number of sulfonamides is 1. The largest absolute Gasteiger partial charge is 0.468 e. The summed E-state index contributed by atoms with van der Waals surface area (Å²) in [4.78, 5) is 7.34. The topological polar surface area (TPSA) is 113 Å². The van der Waals surface area contributed by atoms with Gasteiger partial charge in [0, 0.05) is 13.1 Å². The zero-order chi connectivity index (χ0) is 21.4. The van der Waals surface area contributed by atoms with Crippen molar-refractivity contribution in [2.45, 2.75) is 37.1 Å². The van der Waals surface area contributed by atoms with Crippen LogP contribution in [0.3, 0.4) is 0 Å². The average molecular weight is 561 g/mol. The van der Waals surface area contributed by atoms with Crippen molar-refractivity contribution in [3.8, 4) is 0 Å². The van der Waals surface area contributed by atoms with Crippen molar-refractivity contribution < 1.29 is 12.8 Å². The monoisotopic (exact) mass is 561 g/mol. The number of nitrogens with one attached hydrogen (secondary N) is 2. The first-order chi connectivity index (χ1) is 14.5. The number of benzene rings is 1. The molecule has 1 aromatic carbocycles. The second kappa shape index (κ2) is 12.4. The van der Waals surface area contributed by atoms with E-state index in [0.717, 1.165) is 43.3 Å². The lowest BCUT2D eigenvalue weighted by Crippen LogP contribution is -2.39. The Morgan fingerprint density at radius 3 is 2.48 bits per heavy atom. The first kappa shape index (κ1) is 25.6.